The molecule has 0 spiro atoms. The van der Waals surface area contributed by atoms with Crippen LogP contribution in [0.15, 0.2) is 0 Å². The van der Waals surface area contributed by atoms with E-state index in [9.17, 15) is 53.1 Å². The van der Waals surface area contributed by atoms with Crippen LogP contribution in [0.3, 0.4) is 0 Å². The molecule has 21 nitrogen and oxygen atoms in total. The van der Waals surface area contributed by atoms with E-state index in [4.69, 9.17) is 0 Å². The van der Waals surface area contributed by atoms with Gasteiger partial charge in [-0.25, -0.2) is 0 Å². The fourth-order valence-electron chi connectivity index (χ4n) is 6.73. The van der Waals surface area contributed by atoms with Crippen LogP contribution in [0, 0.1) is 11.8 Å². The van der Waals surface area contributed by atoms with Crippen molar-refractivity contribution in [2.45, 2.75) is 195 Å². The molecule has 0 saturated carbocycles. The Morgan fingerprint density at radius 3 is 1.42 bits per heavy atom. The van der Waals surface area contributed by atoms with Gasteiger partial charge in [-0.3, -0.25) is 47.9 Å². The Bertz CT molecular complexity index is 1810. The van der Waals surface area contributed by atoms with Gasteiger partial charge in [0.2, 0.25) is 59.1 Å². The summed E-state index contributed by atoms with van der Waals surface area (Å²) in [6, 6.07) is -5.00. The Hall–Kier alpha value is -5.34. The summed E-state index contributed by atoms with van der Waals surface area (Å²) >= 11 is 0. The van der Waals surface area contributed by atoms with E-state index in [0.29, 0.717) is 19.4 Å². The second-order valence-corrected chi connectivity index (χ2v) is 20.2. The van der Waals surface area contributed by atoms with E-state index < -0.39 is 117 Å². The third-order valence-electron chi connectivity index (χ3n) is 11.4. The zero-order valence-corrected chi connectivity index (χ0v) is 41.6. The van der Waals surface area contributed by atoms with Crippen LogP contribution >= 0.6 is 0 Å². The minimum absolute atomic E-state index is 0.194. The summed E-state index contributed by atoms with van der Waals surface area (Å²) in [7, 11) is 0. The molecular formula is C44H78N10O11. The molecule has 1 rings (SSSR count). The van der Waals surface area contributed by atoms with E-state index in [0.717, 1.165) is 6.42 Å². The standard InChI is InChI=1S/C44H78N10O11/c1-18-24(4)30(48-36(62)41(10,11)51-33(59)29(23(2)3)47-37(63)42(12,13)53-38(64)43(14,15)49-27(7)56)34(60)52-40(8,9)35(61)46-25(5)31(57)45-26(6)32(58)50-44(16,17)39(65)54-21-19-20-28(54)22-55/h23-26,28-30,55H,18-22H2,1-17H3,(H,45,57)(H,46,61)(H,47,63)(H,48,62)(H,49,56)(H,50,58)(H,51,59)(H,52,60)(H,53,64)/t24-,25+,26+,28+,29+,30+/m1/s1. The fourth-order valence-corrected chi connectivity index (χ4v) is 6.73. The molecule has 0 bridgehead atoms. The van der Waals surface area contributed by atoms with E-state index in [1.165, 1.54) is 94.9 Å². The molecule has 0 radical (unpaired) electrons. The summed E-state index contributed by atoms with van der Waals surface area (Å²) in [5.41, 5.74) is -7.48. The molecule has 0 aromatic heterocycles. The number of nitrogens with zero attached hydrogens (tertiary/aromatic N) is 1. The highest BCUT2D eigenvalue weighted by Gasteiger charge is 2.43. The maximum absolute atomic E-state index is 13.8. The van der Waals surface area contributed by atoms with E-state index in [1.807, 2.05) is 0 Å². The van der Waals surface area contributed by atoms with Crippen molar-refractivity contribution in [1.82, 2.24) is 52.8 Å². The van der Waals surface area contributed by atoms with Crippen molar-refractivity contribution in [3.63, 3.8) is 0 Å². The molecule has 10 amide bonds. The highest BCUT2D eigenvalue weighted by molar-refractivity contribution is 6.01. The first-order valence-corrected chi connectivity index (χ1v) is 22.2. The predicted octanol–water partition coefficient (Wildman–Crippen LogP) is -0.855. The molecule has 1 saturated heterocycles. The Labute approximate surface area is 384 Å². The summed E-state index contributed by atoms with van der Waals surface area (Å²) in [4.78, 5) is 134. The molecule has 10 N–H and O–H groups in total. The number of amides is 10. The van der Waals surface area contributed by atoms with Crippen molar-refractivity contribution in [2.24, 2.45) is 11.8 Å². The van der Waals surface area contributed by atoms with Crippen molar-refractivity contribution in [3.8, 4) is 0 Å². The highest BCUT2D eigenvalue weighted by Crippen LogP contribution is 2.21. The van der Waals surface area contributed by atoms with E-state index in [2.05, 4.69) is 47.9 Å². The second-order valence-electron chi connectivity index (χ2n) is 20.2. The van der Waals surface area contributed by atoms with Crippen molar-refractivity contribution in [1.29, 1.82) is 0 Å². The Morgan fingerprint density at radius 1 is 0.538 bits per heavy atom. The van der Waals surface area contributed by atoms with Gasteiger partial charge in [0.25, 0.3) is 0 Å². The normalized spacial score (nSPS) is 17.0. The van der Waals surface area contributed by atoms with Crippen LogP contribution < -0.4 is 47.9 Å². The smallest absolute Gasteiger partial charge is 0.248 e. The van der Waals surface area contributed by atoms with Gasteiger partial charge in [-0.05, 0) is 108 Å². The number of aliphatic hydroxyl groups is 1. The molecule has 0 unspecified atom stereocenters. The first kappa shape index (κ1) is 57.7. The molecule has 370 valence electrons. The summed E-state index contributed by atoms with van der Waals surface area (Å²) in [5, 5.41) is 33.1. The van der Waals surface area contributed by atoms with Gasteiger partial charge in [-0.15, -0.1) is 0 Å². The topological polar surface area (TPSA) is 302 Å². The van der Waals surface area contributed by atoms with Crippen LogP contribution in [-0.2, 0) is 47.9 Å². The van der Waals surface area contributed by atoms with E-state index in [1.54, 1.807) is 27.7 Å². The molecule has 1 aliphatic heterocycles. The lowest BCUT2D eigenvalue weighted by Crippen LogP contribution is -2.67. The zero-order valence-electron chi connectivity index (χ0n) is 41.6. The summed E-state index contributed by atoms with van der Waals surface area (Å²) in [6.45, 7) is 25.7. The molecule has 1 fully saturated rings. The Balaban J connectivity index is 3.01. The van der Waals surface area contributed by atoms with Crippen LogP contribution in [-0.4, -0.2) is 140 Å². The molecule has 1 aliphatic rings. The zero-order chi connectivity index (χ0) is 50.8. The van der Waals surface area contributed by atoms with Crippen molar-refractivity contribution >= 4 is 59.1 Å². The molecular weight excluding hydrogens is 845 g/mol. The van der Waals surface area contributed by atoms with Gasteiger partial charge in [0.15, 0.2) is 0 Å². The predicted molar refractivity (Wildman–Crippen MR) is 242 cm³/mol. The van der Waals surface area contributed by atoms with Crippen LogP contribution in [0.1, 0.15) is 137 Å². The third kappa shape index (κ3) is 16.2. The molecule has 21 heteroatoms. The van der Waals surface area contributed by atoms with Gasteiger partial charge in [-0.2, -0.15) is 0 Å². The molecule has 0 aliphatic carbocycles. The lowest BCUT2D eigenvalue weighted by Gasteiger charge is -2.35. The van der Waals surface area contributed by atoms with Crippen LogP contribution in [0.5, 0.6) is 0 Å². The first-order valence-electron chi connectivity index (χ1n) is 22.2. The number of hydrogen-bond donors (Lipinski definition) is 10. The second kappa shape index (κ2) is 22.7. The first-order chi connectivity index (χ1) is 29.5. The van der Waals surface area contributed by atoms with Crippen molar-refractivity contribution in [3.05, 3.63) is 0 Å². The van der Waals surface area contributed by atoms with Gasteiger partial charge < -0.3 is 57.9 Å². The minimum atomic E-state index is -1.64. The molecule has 65 heavy (non-hydrogen) atoms. The van der Waals surface area contributed by atoms with E-state index >= 15 is 0 Å². The summed E-state index contributed by atoms with van der Waals surface area (Å²) in [5.74, 6) is -7.46. The molecule has 0 aromatic carbocycles. The number of hydrogen-bond acceptors (Lipinski definition) is 11. The lowest BCUT2D eigenvalue weighted by molar-refractivity contribution is -0.142. The number of carbonyl (C=O) groups is 10. The minimum Gasteiger partial charge on any atom is -0.394 e. The van der Waals surface area contributed by atoms with Crippen LogP contribution in [0.4, 0.5) is 0 Å². The maximum Gasteiger partial charge on any atom is 0.248 e. The SMILES string of the molecule is CC[C@@H](C)[C@H](NC(=O)C(C)(C)NC(=O)[C@@H](NC(=O)C(C)(C)NC(=O)C(C)(C)NC(C)=O)C(C)C)C(=O)NC(C)(C)C(=O)N[C@@H](C)C(=O)N[C@@H](C)C(=O)NC(C)(C)C(=O)N1CCC[C@H]1CO. The third-order valence-corrected chi connectivity index (χ3v) is 11.4. The Morgan fingerprint density at radius 2 is 0.954 bits per heavy atom. The largest absolute Gasteiger partial charge is 0.394 e. The van der Waals surface area contributed by atoms with Gasteiger partial charge in [0, 0.05) is 13.5 Å². The highest BCUT2D eigenvalue weighted by atomic mass is 16.3. The number of nitrogens with one attached hydrogen (secondary N) is 9. The van der Waals surface area contributed by atoms with Gasteiger partial charge in [-0.1, -0.05) is 34.1 Å². The van der Waals surface area contributed by atoms with Gasteiger partial charge >= 0.3 is 0 Å². The lowest BCUT2D eigenvalue weighted by atomic mass is 9.93. The van der Waals surface area contributed by atoms with Gasteiger partial charge in [0.1, 0.15) is 51.9 Å². The maximum atomic E-state index is 13.8. The van der Waals surface area contributed by atoms with Crippen LogP contribution in [0.2, 0.25) is 0 Å². The number of rotatable bonds is 22. The number of carbonyl (C=O) groups excluding carboxylic acids is 10. The van der Waals surface area contributed by atoms with E-state index in [-0.39, 0.29) is 18.6 Å². The average Bonchev–Trinajstić information content (AvgIpc) is 3.65. The molecule has 1 heterocycles. The summed E-state index contributed by atoms with van der Waals surface area (Å²) < 4.78 is 0. The Kier molecular flexibility index (Phi) is 20.2. The quantitative estimate of drug-likeness (QED) is 0.0638. The summed E-state index contributed by atoms with van der Waals surface area (Å²) in [6.07, 6.45) is 1.80. The number of likely N-dealkylation sites (tertiary alicyclic amines) is 1. The fraction of sp³-hybridized carbons (Fsp3) is 0.773. The van der Waals surface area contributed by atoms with Crippen molar-refractivity contribution < 1.29 is 53.1 Å². The van der Waals surface area contributed by atoms with Crippen LogP contribution in [0.25, 0.3) is 0 Å². The number of aliphatic hydroxyl groups excluding tert-OH is 1. The monoisotopic (exact) mass is 923 g/mol. The molecule has 6 atom stereocenters. The molecule has 0 aromatic rings. The van der Waals surface area contributed by atoms with Gasteiger partial charge in [0.05, 0.1) is 12.6 Å². The van der Waals surface area contributed by atoms with Crippen molar-refractivity contribution in [2.75, 3.05) is 13.2 Å². The average molecular weight is 923 g/mol.